The van der Waals surface area contributed by atoms with E-state index >= 15 is 0 Å². The van der Waals surface area contributed by atoms with Gasteiger partial charge in [0, 0.05) is 56.3 Å². The van der Waals surface area contributed by atoms with Crippen LogP contribution in [-0.2, 0) is 28.9 Å². The van der Waals surface area contributed by atoms with Crippen molar-refractivity contribution in [3.63, 3.8) is 0 Å². The molecule has 0 aliphatic carbocycles. The van der Waals surface area contributed by atoms with Gasteiger partial charge in [0.25, 0.3) is 5.91 Å². The fourth-order valence-electron chi connectivity index (χ4n) is 5.63. The van der Waals surface area contributed by atoms with Gasteiger partial charge in [-0.15, -0.1) is 11.3 Å². The van der Waals surface area contributed by atoms with Crippen molar-refractivity contribution in [1.82, 2.24) is 14.8 Å². The second-order valence-electron chi connectivity index (χ2n) is 10.2. The Morgan fingerprint density at radius 2 is 1.87 bits per heavy atom. The Kier molecular flexibility index (Phi) is 7.56. The number of aromatic nitrogens is 1. The van der Waals surface area contributed by atoms with Gasteiger partial charge in [0.2, 0.25) is 0 Å². The number of thiazole rings is 1. The van der Waals surface area contributed by atoms with Gasteiger partial charge in [-0.25, -0.2) is 4.98 Å². The molecule has 1 amide bonds. The molecule has 0 spiro atoms. The third-order valence-corrected chi connectivity index (χ3v) is 8.67. The van der Waals surface area contributed by atoms with Crippen LogP contribution in [0.3, 0.4) is 0 Å². The number of benzene rings is 2. The number of aliphatic carboxylic acids is 1. The first kappa shape index (κ1) is 25.9. The van der Waals surface area contributed by atoms with Crippen molar-refractivity contribution in [3.05, 3.63) is 75.2 Å². The Morgan fingerprint density at radius 1 is 1.03 bits per heavy atom. The molecule has 0 atom stereocenters. The fraction of sp³-hybridized carbons (Fsp3) is 0.367. The largest absolute Gasteiger partial charge is 0.480 e. The van der Waals surface area contributed by atoms with Gasteiger partial charge in [0.05, 0.1) is 25.5 Å². The molecule has 4 heterocycles. The van der Waals surface area contributed by atoms with E-state index in [1.54, 1.807) is 0 Å². The Labute approximate surface area is 232 Å². The molecule has 6 rings (SSSR count). The van der Waals surface area contributed by atoms with E-state index in [0.29, 0.717) is 31.1 Å². The average Bonchev–Trinajstić information content (AvgIpc) is 3.57. The maximum atomic E-state index is 13.6. The van der Waals surface area contributed by atoms with E-state index in [9.17, 15) is 9.59 Å². The lowest BCUT2D eigenvalue weighted by atomic mass is 9.96. The Balaban J connectivity index is 1.19. The molecule has 0 radical (unpaired) electrons. The van der Waals surface area contributed by atoms with Gasteiger partial charge >= 0.3 is 5.97 Å². The second-order valence-corrected chi connectivity index (χ2v) is 11.3. The highest BCUT2D eigenvalue weighted by Gasteiger charge is 2.31. The van der Waals surface area contributed by atoms with Gasteiger partial charge in [-0.2, -0.15) is 0 Å². The number of carbonyl (C=O) groups excluding carboxylic acids is 1. The van der Waals surface area contributed by atoms with Crippen LogP contribution in [0.2, 0.25) is 0 Å². The molecule has 8 nitrogen and oxygen atoms in total. The minimum atomic E-state index is -0.835. The molecule has 3 aromatic rings. The van der Waals surface area contributed by atoms with Crippen LogP contribution in [-0.4, -0.2) is 84.2 Å². The van der Waals surface area contributed by atoms with Crippen LogP contribution in [0.15, 0.2) is 48.5 Å². The van der Waals surface area contributed by atoms with E-state index in [-0.39, 0.29) is 12.5 Å². The first-order chi connectivity index (χ1) is 19.0. The van der Waals surface area contributed by atoms with Gasteiger partial charge in [-0.05, 0) is 40.8 Å². The number of carbonyl (C=O) groups is 2. The van der Waals surface area contributed by atoms with Gasteiger partial charge in [-0.3, -0.25) is 19.4 Å². The molecule has 2 aromatic carbocycles. The lowest BCUT2D eigenvalue weighted by Gasteiger charge is -2.25. The van der Waals surface area contributed by atoms with Crippen LogP contribution in [0.5, 0.6) is 0 Å². The van der Waals surface area contributed by atoms with Crippen LogP contribution in [0, 0.1) is 0 Å². The lowest BCUT2D eigenvalue weighted by molar-refractivity contribution is -0.138. The standard InChI is InChI=1S/C30H32N4O4S/c35-28(36)20-33-12-10-25-27(19-33)39-29(31-25)30(37)34-13-9-24-23(7-2-8-26(24)34)22-6-1-4-21(18-22)5-3-11-32-14-16-38-17-15-32/h1-8,18H,9-17,19-20H2,(H,35,36)/b5-3+. The van der Waals surface area contributed by atoms with Crippen molar-refractivity contribution in [1.29, 1.82) is 0 Å². The van der Waals surface area contributed by atoms with E-state index in [2.05, 4.69) is 52.4 Å². The fourth-order valence-corrected chi connectivity index (χ4v) is 6.73. The van der Waals surface area contributed by atoms with E-state index < -0.39 is 5.97 Å². The molecule has 1 fully saturated rings. The zero-order valence-corrected chi connectivity index (χ0v) is 22.7. The Morgan fingerprint density at radius 3 is 2.72 bits per heavy atom. The maximum absolute atomic E-state index is 13.6. The second kappa shape index (κ2) is 11.4. The van der Waals surface area contributed by atoms with Crippen LogP contribution in [0.4, 0.5) is 5.69 Å². The first-order valence-corrected chi connectivity index (χ1v) is 14.3. The summed E-state index contributed by atoms with van der Waals surface area (Å²) in [5.74, 6) is -0.909. The summed E-state index contributed by atoms with van der Waals surface area (Å²) in [5, 5.41) is 9.62. The van der Waals surface area contributed by atoms with Crippen molar-refractivity contribution >= 4 is 35.0 Å². The highest BCUT2D eigenvalue weighted by atomic mass is 32.1. The molecule has 39 heavy (non-hydrogen) atoms. The third-order valence-electron chi connectivity index (χ3n) is 7.60. The maximum Gasteiger partial charge on any atom is 0.317 e. The molecule has 202 valence electrons. The molecular weight excluding hydrogens is 512 g/mol. The Bertz CT molecular complexity index is 1410. The number of anilines is 1. The lowest BCUT2D eigenvalue weighted by Crippen LogP contribution is -2.36. The summed E-state index contributed by atoms with van der Waals surface area (Å²) in [7, 11) is 0. The minimum absolute atomic E-state index is 0.00770. The predicted octanol–water partition coefficient (Wildman–Crippen LogP) is 3.80. The molecule has 1 aromatic heterocycles. The molecule has 3 aliphatic heterocycles. The van der Waals surface area contributed by atoms with E-state index in [1.807, 2.05) is 21.9 Å². The quantitative estimate of drug-likeness (QED) is 0.484. The van der Waals surface area contributed by atoms with Crippen LogP contribution < -0.4 is 4.90 Å². The SMILES string of the molecule is O=C(O)CN1CCc2nc(C(=O)N3CCc4c(-c5cccc(/C=C/CN6CCOCC6)c5)cccc43)sc2C1. The molecule has 0 bridgehead atoms. The Hall–Kier alpha value is -3.37. The van der Waals surface area contributed by atoms with E-state index in [0.717, 1.165) is 72.2 Å². The topological polar surface area (TPSA) is 86.2 Å². The third kappa shape index (κ3) is 5.67. The minimum Gasteiger partial charge on any atom is -0.480 e. The molecule has 3 aliphatic rings. The number of hydrogen-bond acceptors (Lipinski definition) is 7. The number of ether oxygens (including phenoxy) is 1. The number of carboxylic acid groups (broad SMARTS) is 1. The van der Waals surface area contributed by atoms with Crippen molar-refractivity contribution in [3.8, 4) is 11.1 Å². The molecule has 9 heteroatoms. The smallest absolute Gasteiger partial charge is 0.317 e. The summed E-state index contributed by atoms with van der Waals surface area (Å²) in [4.78, 5) is 36.5. The van der Waals surface area contributed by atoms with Crippen molar-refractivity contribution < 1.29 is 19.4 Å². The zero-order valence-electron chi connectivity index (χ0n) is 21.8. The van der Waals surface area contributed by atoms with Crippen LogP contribution in [0.1, 0.15) is 31.5 Å². The van der Waals surface area contributed by atoms with Crippen molar-refractivity contribution in [2.24, 2.45) is 0 Å². The molecular formula is C30H32N4O4S. The average molecular weight is 545 g/mol. The van der Waals surface area contributed by atoms with E-state index in [1.165, 1.54) is 16.9 Å². The van der Waals surface area contributed by atoms with Crippen LogP contribution in [0.25, 0.3) is 17.2 Å². The van der Waals surface area contributed by atoms with Gasteiger partial charge in [0.1, 0.15) is 0 Å². The van der Waals surface area contributed by atoms with E-state index in [4.69, 9.17) is 9.84 Å². The normalized spacial score (nSPS) is 17.9. The summed E-state index contributed by atoms with van der Waals surface area (Å²) in [6.07, 6.45) is 5.87. The zero-order chi connectivity index (χ0) is 26.8. The monoisotopic (exact) mass is 544 g/mol. The first-order valence-electron chi connectivity index (χ1n) is 13.5. The summed E-state index contributed by atoms with van der Waals surface area (Å²) < 4.78 is 5.43. The summed E-state index contributed by atoms with van der Waals surface area (Å²) in [6.45, 7) is 6.29. The van der Waals surface area contributed by atoms with Gasteiger partial charge in [-0.1, -0.05) is 42.5 Å². The number of amides is 1. The number of morpholine rings is 1. The summed E-state index contributed by atoms with van der Waals surface area (Å²) in [5.41, 5.74) is 6.54. The predicted molar refractivity (Wildman–Crippen MR) is 152 cm³/mol. The molecule has 0 unspecified atom stereocenters. The number of carboxylic acids is 1. The molecule has 1 N–H and O–H groups in total. The van der Waals surface area contributed by atoms with Gasteiger partial charge < -0.3 is 14.7 Å². The molecule has 1 saturated heterocycles. The van der Waals surface area contributed by atoms with Crippen molar-refractivity contribution in [2.75, 3.05) is 57.4 Å². The number of rotatable bonds is 7. The summed E-state index contributed by atoms with van der Waals surface area (Å²) >= 11 is 1.40. The highest BCUT2D eigenvalue weighted by molar-refractivity contribution is 7.13. The number of fused-ring (bicyclic) bond motifs is 2. The van der Waals surface area contributed by atoms with Crippen LogP contribution >= 0.6 is 11.3 Å². The summed E-state index contributed by atoms with van der Waals surface area (Å²) in [6, 6.07) is 14.8. The highest BCUT2D eigenvalue weighted by Crippen LogP contribution is 2.38. The number of hydrogen-bond donors (Lipinski definition) is 1. The van der Waals surface area contributed by atoms with Crippen molar-refractivity contribution in [2.45, 2.75) is 19.4 Å². The molecule has 0 saturated carbocycles. The number of nitrogens with zero attached hydrogens (tertiary/aromatic N) is 4. The van der Waals surface area contributed by atoms with Gasteiger partial charge in [0.15, 0.2) is 5.01 Å².